The minimum Gasteiger partial charge on any atom is -0.492 e. The Morgan fingerprint density at radius 3 is 2.70 bits per heavy atom. The van der Waals surface area contributed by atoms with Crippen molar-refractivity contribution in [3.63, 3.8) is 0 Å². The summed E-state index contributed by atoms with van der Waals surface area (Å²) in [6, 6.07) is 23.4. The molecule has 0 saturated carbocycles. The van der Waals surface area contributed by atoms with E-state index in [-0.39, 0.29) is 17.9 Å². The molecule has 3 aromatic carbocycles. The predicted molar refractivity (Wildman–Crippen MR) is 116 cm³/mol. The van der Waals surface area contributed by atoms with E-state index in [1.54, 1.807) is 0 Å². The highest BCUT2D eigenvalue weighted by Gasteiger charge is 2.68. The molecular formula is C26H25NO3. The second kappa shape index (κ2) is 6.58. The van der Waals surface area contributed by atoms with E-state index in [0.717, 1.165) is 30.7 Å². The lowest BCUT2D eigenvalue weighted by Crippen LogP contribution is -2.49. The first-order chi connectivity index (χ1) is 14.8. The van der Waals surface area contributed by atoms with Crippen molar-refractivity contribution in [3.8, 4) is 5.75 Å². The fourth-order valence-electron chi connectivity index (χ4n) is 6.44. The van der Waals surface area contributed by atoms with Crippen molar-refractivity contribution in [2.75, 3.05) is 20.3 Å². The maximum Gasteiger partial charge on any atom is 0.317 e. The summed E-state index contributed by atoms with van der Waals surface area (Å²) >= 11 is 0. The molecule has 0 unspecified atom stereocenters. The lowest BCUT2D eigenvalue weighted by atomic mass is 9.65. The molecule has 3 heterocycles. The summed E-state index contributed by atoms with van der Waals surface area (Å²) in [5.74, 6) is 0.790. The van der Waals surface area contributed by atoms with E-state index in [1.807, 2.05) is 6.07 Å². The van der Waals surface area contributed by atoms with Crippen molar-refractivity contribution in [2.24, 2.45) is 5.41 Å². The lowest BCUT2D eigenvalue weighted by molar-refractivity contribution is -0.159. The first kappa shape index (κ1) is 18.0. The van der Waals surface area contributed by atoms with Crippen molar-refractivity contribution in [2.45, 2.75) is 30.8 Å². The molecule has 0 N–H and O–H groups in total. The van der Waals surface area contributed by atoms with Crippen molar-refractivity contribution in [1.29, 1.82) is 0 Å². The van der Waals surface area contributed by atoms with Crippen LogP contribution in [0.2, 0.25) is 0 Å². The van der Waals surface area contributed by atoms with E-state index in [0.29, 0.717) is 12.6 Å². The topological polar surface area (TPSA) is 38.8 Å². The molecule has 0 aromatic heterocycles. The Balaban J connectivity index is 1.65. The molecule has 152 valence electrons. The van der Waals surface area contributed by atoms with Crippen molar-refractivity contribution < 1.29 is 14.3 Å². The van der Waals surface area contributed by atoms with Gasteiger partial charge in [0, 0.05) is 17.5 Å². The zero-order valence-electron chi connectivity index (χ0n) is 17.1. The highest BCUT2D eigenvalue weighted by Crippen LogP contribution is 2.64. The third kappa shape index (κ3) is 2.23. The molecule has 0 radical (unpaired) electrons. The Labute approximate surface area is 176 Å². The van der Waals surface area contributed by atoms with Gasteiger partial charge in [0.05, 0.1) is 13.2 Å². The number of nitrogens with zero attached hydrogens (tertiary/aromatic N) is 1. The number of methoxy groups -OCH3 is 1. The quantitative estimate of drug-likeness (QED) is 0.586. The molecule has 4 nitrogen and oxygen atoms in total. The number of carbonyl (C=O) groups is 1. The molecular weight excluding hydrogens is 374 g/mol. The van der Waals surface area contributed by atoms with Crippen LogP contribution in [0.15, 0.2) is 66.7 Å². The Bertz CT molecular complexity index is 1130. The maximum atomic E-state index is 13.6. The molecule has 0 spiro atoms. The molecule has 4 heteroatoms. The van der Waals surface area contributed by atoms with Crippen LogP contribution in [0.1, 0.15) is 35.9 Å². The molecule has 6 rings (SSSR count). The fraction of sp³-hybridized carbons (Fsp3) is 0.346. The van der Waals surface area contributed by atoms with E-state index < -0.39 is 5.41 Å². The number of fused-ring (bicyclic) bond motifs is 7. The fourth-order valence-corrected chi connectivity index (χ4v) is 6.44. The van der Waals surface area contributed by atoms with Gasteiger partial charge in [-0.2, -0.15) is 0 Å². The first-order valence-electron chi connectivity index (χ1n) is 10.8. The Morgan fingerprint density at radius 1 is 1.07 bits per heavy atom. The molecule has 4 atom stereocenters. The van der Waals surface area contributed by atoms with Crippen LogP contribution in [-0.2, 0) is 9.53 Å². The van der Waals surface area contributed by atoms with Gasteiger partial charge in [0.25, 0.3) is 0 Å². The second-order valence-electron chi connectivity index (χ2n) is 8.76. The summed E-state index contributed by atoms with van der Waals surface area (Å²) in [6.45, 7) is 1.35. The van der Waals surface area contributed by atoms with Gasteiger partial charge in [-0.05, 0) is 41.8 Å². The van der Waals surface area contributed by atoms with Crippen LogP contribution in [0, 0.1) is 5.41 Å². The highest BCUT2D eigenvalue weighted by molar-refractivity contribution is 5.91. The van der Waals surface area contributed by atoms with Crippen LogP contribution in [0.4, 0.5) is 0 Å². The SMILES string of the molecule is COC(=O)[C@]12COc3ccc4ccccc4c3[C@H]1N1CCC[C@H]1[C@H]2c1ccccc1. The van der Waals surface area contributed by atoms with E-state index in [1.165, 1.54) is 23.4 Å². The number of ether oxygens (including phenoxy) is 2. The summed E-state index contributed by atoms with van der Waals surface area (Å²) in [4.78, 5) is 16.2. The summed E-state index contributed by atoms with van der Waals surface area (Å²) in [5, 5.41) is 2.35. The number of benzene rings is 3. The lowest BCUT2D eigenvalue weighted by Gasteiger charge is -2.43. The molecule has 0 amide bonds. The van der Waals surface area contributed by atoms with Crippen molar-refractivity contribution in [3.05, 3.63) is 77.9 Å². The van der Waals surface area contributed by atoms with Crippen LogP contribution >= 0.6 is 0 Å². The van der Waals surface area contributed by atoms with Gasteiger partial charge in [0.1, 0.15) is 17.8 Å². The predicted octanol–water partition coefficient (Wildman–Crippen LogP) is 4.69. The Hall–Kier alpha value is -2.85. The van der Waals surface area contributed by atoms with Gasteiger partial charge < -0.3 is 9.47 Å². The van der Waals surface area contributed by atoms with Crippen LogP contribution in [0.5, 0.6) is 5.75 Å². The highest BCUT2D eigenvalue weighted by atomic mass is 16.5. The summed E-state index contributed by atoms with van der Waals surface area (Å²) < 4.78 is 11.9. The molecule has 0 bridgehead atoms. The van der Waals surface area contributed by atoms with Gasteiger partial charge >= 0.3 is 5.97 Å². The van der Waals surface area contributed by atoms with Crippen molar-refractivity contribution >= 4 is 16.7 Å². The zero-order chi connectivity index (χ0) is 20.3. The van der Waals surface area contributed by atoms with E-state index in [2.05, 4.69) is 65.6 Å². The summed E-state index contributed by atoms with van der Waals surface area (Å²) in [7, 11) is 1.51. The molecule has 0 aliphatic carbocycles. The van der Waals surface area contributed by atoms with Crippen molar-refractivity contribution in [1.82, 2.24) is 4.90 Å². The number of rotatable bonds is 2. The first-order valence-corrected chi connectivity index (χ1v) is 10.8. The number of esters is 1. The Morgan fingerprint density at radius 2 is 1.87 bits per heavy atom. The second-order valence-corrected chi connectivity index (χ2v) is 8.76. The zero-order valence-corrected chi connectivity index (χ0v) is 17.1. The van der Waals surface area contributed by atoms with Gasteiger partial charge in [-0.1, -0.05) is 60.7 Å². The molecule has 30 heavy (non-hydrogen) atoms. The number of hydrogen-bond acceptors (Lipinski definition) is 4. The van der Waals surface area contributed by atoms with Crippen LogP contribution < -0.4 is 4.74 Å². The largest absolute Gasteiger partial charge is 0.492 e. The molecule has 2 fully saturated rings. The molecule has 3 aliphatic heterocycles. The minimum absolute atomic E-state index is 0.0440. The monoisotopic (exact) mass is 399 g/mol. The van der Waals surface area contributed by atoms with E-state index in [9.17, 15) is 4.79 Å². The summed E-state index contributed by atoms with van der Waals surface area (Å²) in [5.41, 5.74) is 1.60. The number of carbonyl (C=O) groups excluding carboxylic acids is 1. The maximum absolute atomic E-state index is 13.6. The smallest absolute Gasteiger partial charge is 0.317 e. The minimum atomic E-state index is -0.752. The molecule has 3 aromatic rings. The average molecular weight is 399 g/mol. The van der Waals surface area contributed by atoms with Gasteiger partial charge in [0.15, 0.2) is 0 Å². The number of hydrogen-bond donors (Lipinski definition) is 0. The van der Waals surface area contributed by atoms with Gasteiger partial charge in [-0.3, -0.25) is 9.69 Å². The standard InChI is InChI=1S/C26H25NO3/c1-29-25(28)26-16-30-21-14-13-17-8-5-6-11-19(17)22(21)24(26)27-15-7-12-20(27)23(26)18-9-3-2-4-10-18/h2-6,8-11,13-14,20,23-24H,7,12,15-16H2,1H3/t20-,23+,24+,26-/m0/s1. The van der Waals surface area contributed by atoms with E-state index >= 15 is 0 Å². The summed E-state index contributed by atoms with van der Waals surface area (Å²) in [6.07, 6.45) is 2.25. The third-order valence-electron chi connectivity index (χ3n) is 7.50. The van der Waals surface area contributed by atoms with Crippen LogP contribution in [-0.4, -0.2) is 37.2 Å². The third-order valence-corrected chi connectivity index (χ3v) is 7.50. The van der Waals surface area contributed by atoms with Gasteiger partial charge in [-0.15, -0.1) is 0 Å². The van der Waals surface area contributed by atoms with Gasteiger partial charge in [-0.25, -0.2) is 0 Å². The average Bonchev–Trinajstić information content (AvgIpc) is 3.37. The normalized spacial score (nSPS) is 29.7. The molecule has 3 aliphatic rings. The van der Waals surface area contributed by atoms with Crippen LogP contribution in [0.25, 0.3) is 10.8 Å². The molecule has 2 saturated heterocycles. The van der Waals surface area contributed by atoms with Crippen LogP contribution in [0.3, 0.4) is 0 Å². The Kier molecular flexibility index (Phi) is 3.94. The van der Waals surface area contributed by atoms with Gasteiger partial charge in [0.2, 0.25) is 0 Å². The van der Waals surface area contributed by atoms with E-state index in [4.69, 9.17) is 9.47 Å².